The zero-order valence-corrected chi connectivity index (χ0v) is 23.6. The van der Waals surface area contributed by atoms with Gasteiger partial charge >= 0.3 is 0 Å². The average Bonchev–Trinajstić information content (AvgIpc) is 3.35. The summed E-state index contributed by atoms with van der Waals surface area (Å²) in [6.07, 6.45) is 0. The lowest BCUT2D eigenvalue weighted by Gasteiger charge is -2.30. The molecule has 11 heteroatoms. The van der Waals surface area contributed by atoms with E-state index in [9.17, 15) is 14.9 Å². The van der Waals surface area contributed by atoms with Gasteiger partial charge in [0.05, 0.1) is 27.0 Å². The highest BCUT2D eigenvalue weighted by molar-refractivity contribution is 9.10. The molecule has 1 spiro atoms. The maximum Gasteiger partial charge on any atom is 0.256 e. The first kappa shape index (κ1) is 26.7. The number of nitrogens with zero attached hydrogens (tertiary/aromatic N) is 2. The van der Waals surface area contributed by atoms with Crippen LogP contribution in [0.5, 0.6) is 11.5 Å². The molecule has 1 N–H and O–H groups in total. The quantitative estimate of drug-likeness (QED) is 0.248. The number of fused-ring (bicyclic) bond motifs is 2. The summed E-state index contributed by atoms with van der Waals surface area (Å²) in [5, 5.41) is 16.4. The van der Waals surface area contributed by atoms with Crippen molar-refractivity contribution in [3.63, 3.8) is 0 Å². The first-order valence-electron chi connectivity index (χ1n) is 12.0. The van der Waals surface area contributed by atoms with Gasteiger partial charge in [-0.1, -0.05) is 47.5 Å². The summed E-state index contributed by atoms with van der Waals surface area (Å²) in [5.74, 6) is -0.0779. The molecule has 0 aliphatic carbocycles. The van der Waals surface area contributed by atoms with Crippen LogP contribution in [0, 0.1) is 10.1 Å². The second-order valence-electron chi connectivity index (χ2n) is 9.28. The summed E-state index contributed by atoms with van der Waals surface area (Å²) in [7, 11) is 1.76. The number of hydrogen-bond donors (Lipinski definition) is 1. The number of anilines is 1. The molecule has 0 radical (unpaired) electrons. The third-order valence-corrected chi connectivity index (χ3v) is 8.50. The average molecular weight is 621 g/mol. The van der Waals surface area contributed by atoms with Crippen molar-refractivity contribution in [3.05, 3.63) is 95.9 Å². The molecule has 0 saturated carbocycles. The van der Waals surface area contributed by atoms with E-state index < -0.39 is 23.4 Å². The Kier molecular flexibility index (Phi) is 7.30. The molecule has 3 atom stereocenters. The summed E-state index contributed by atoms with van der Waals surface area (Å²) in [5.41, 5.74) is 1.27. The number of hydrogen-bond acceptors (Lipinski definition) is 6. The zero-order valence-electron chi connectivity index (χ0n) is 20.5. The number of amides is 1. The molecule has 1 amide bonds. The van der Waals surface area contributed by atoms with E-state index in [0.717, 1.165) is 5.56 Å². The maximum atomic E-state index is 13.4. The molecule has 3 aromatic rings. The predicted molar refractivity (Wildman–Crippen MR) is 149 cm³/mol. The Morgan fingerprint density at radius 3 is 2.63 bits per heavy atom. The van der Waals surface area contributed by atoms with Crippen molar-refractivity contribution in [1.82, 2.24) is 4.90 Å². The minimum atomic E-state index is -1.42. The number of carbonyl (C=O) groups is 1. The lowest BCUT2D eigenvalue weighted by Crippen LogP contribution is -2.54. The molecule has 2 aliphatic rings. The van der Waals surface area contributed by atoms with Gasteiger partial charge in [-0.25, -0.2) is 0 Å². The van der Waals surface area contributed by atoms with Crippen LogP contribution in [0.3, 0.4) is 0 Å². The molecule has 0 unspecified atom stereocenters. The van der Waals surface area contributed by atoms with E-state index in [1.54, 1.807) is 60.5 Å². The van der Waals surface area contributed by atoms with E-state index in [-0.39, 0.29) is 11.5 Å². The van der Waals surface area contributed by atoms with Crippen molar-refractivity contribution in [2.24, 2.45) is 0 Å². The minimum absolute atomic E-state index is 0.207. The molecule has 2 aliphatic heterocycles. The number of nitrogens with one attached hydrogen (secondary N) is 1. The lowest BCUT2D eigenvalue weighted by molar-refractivity contribution is -0.534. The first-order chi connectivity index (χ1) is 18.2. The van der Waals surface area contributed by atoms with Crippen LogP contribution in [0.1, 0.15) is 29.5 Å². The number of rotatable bonds is 7. The van der Waals surface area contributed by atoms with Crippen molar-refractivity contribution in [2.45, 2.75) is 31.0 Å². The van der Waals surface area contributed by atoms with Gasteiger partial charge in [-0.3, -0.25) is 19.8 Å². The highest BCUT2D eigenvalue weighted by Gasteiger charge is 2.68. The molecule has 38 heavy (non-hydrogen) atoms. The van der Waals surface area contributed by atoms with E-state index in [1.807, 2.05) is 13.0 Å². The van der Waals surface area contributed by atoms with Crippen molar-refractivity contribution >= 4 is 50.7 Å². The Morgan fingerprint density at radius 2 is 1.92 bits per heavy atom. The third kappa shape index (κ3) is 4.31. The molecule has 0 bridgehead atoms. The number of para-hydroxylation sites is 1. The van der Waals surface area contributed by atoms with Crippen LogP contribution in [0.4, 0.5) is 5.69 Å². The number of nitro groups is 1. The highest BCUT2D eigenvalue weighted by atomic mass is 79.9. The monoisotopic (exact) mass is 619 g/mol. The molecule has 1 saturated heterocycles. The zero-order chi connectivity index (χ0) is 27.2. The molecule has 5 rings (SSSR count). The van der Waals surface area contributed by atoms with Crippen LogP contribution < -0.4 is 14.8 Å². The van der Waals surface area contributed by atoms with Gasteiger partial charge in [0.2, 0.25) is 0 Å². The molecule has 2 heterocycles. The second-order valence-corrected chi connectivity index (χ2v) is 11.0. The van der Waals surface area contributed by atoms with Crippen molar-refractivity contribution in [2.75, 3.05) is 25.5 Å². The summed E-state index contributed by atoms with van der Waals surface area (Å²) in [4.78, 5) is 27.5. The van der Waals surface area contributed by atoms with Crippen molar-refractivity contribution in [3.8, 4) is 11.5 Å². The van der Waals surface area contributed by atoms with Gasteiger partial charge in [0.15, 0.2) is 17.0 Å². The summed E-state index contributed by atoms with van der Waals surface area (Å²) < 4.78 is 12.6. The Labute approximate surface area is 238 Å². The van der Waals surface area contributed by atoms with E-state index in [0.29, 0.717) is 56.0 Å². The van der Waals surface area contributed by atoms with Crippen LogP contribution in [-0.4, -0.2) is 42.0 Å². The first-order valence-corrected chi connectivity index (χ1v) is 13.5. The topological polar surface area (TPSA) is 93.9 Å². The smallest absolute Gasteiger partial charge is 0.256 e. The largest absolute Gasteiger partial charge is 0.490 e. The Morgan fingerprint density at radius 1 is 1.16 bits per heavy atom. The highest BCUT2D eigenvalue weighted by Crippen LogP contribution is 2.53. The molecular weight excluding hydrogens is 597 g/mol. The third-order valence-electron chi connectivity index (χ3n) is 7.17. The van der Waals surface area contributed by atoms with Gasteiger partial charge in [0.1, 0.15) is 6.61 Å². The van der Waals surface area contributed by atoms with Crippen LogP contribution in [0.25, 0.3) is 0 Å². The Hall–Kier alpha value is -2.85. The molecule has 8 nitrogen and oxygen atoms in total. The normalized spacial score (nSPS) is 22.4. The number of likely N-dealkylation sites (tertiary alicyclic amines) is 1. The van der Waals surface area contributed by atoms with Gasteiger partial charge in [0, 0.05) is 22.7 Å². The Bertz CT molecular complexity index is 1440. The molecule has 3 aromatic carbocycles. The van der Waals surface area contributed by atoms with Gasteiger partial charge in [-0.15, -0.1) is 0 Å². The standard InChI is InChI=1S/C27H24BrCl2N3O5/c1-3-37-23-12-16(11-19(28)24(23)38-14-15-8-9-20(29)21(30)10-15)17-13-32(2)27(25(17)33(35)36)18-6-4-5-7-22(18)31-26(27)34/h4-12,17,25H,3,13-14H2,1-2H3,(H,31,34)/t17-,25-,27-/m0/s1. The van der Waals surface area contributed by atoms with Crippen molar-refractivity contribution in [1.29, 1.82) is 0 Å². The summed E-state index contributed by atoms with van der Waals surface area (Å²) >= 11 is 15.7. The second kappa shape index (κ2) is 10.4. The van der Waals surface area contributed by atoms with Gasteiger partial charge < -0.3 is 14.8 Å². The van der Waals surface area contributed by atoms with Crippen molar-refractivity contribution < 1.29 is 19.2 Å². The molecule has 198 valence electrons. The summed E-state index contributed by atoms with van der Waals surface area (Å²) in [6.45, 7) is 2.72. The molecular formula is C27H24BrCl2N3O5. The van der Waals surface area contributed by atoms with Gasteiger partial charge in [-0.2, -0.15) is 0 Å². The molecule has 0 aromatic heterocycles. The number of likely N-dealkylation sites (N-methyl/N-ethyl adjacent to an activating group) is 1. The number of ether oxygens (including phenoxy) is 2. The fourth-order valence-electron chi connectivity index (χ4n) is 5.57. The van der Waals surface area contributed by atoms with E-state index in [4.69, 9.17) is 32.7 Å². The van der Waals surface area contributed by atoms with Gasteiger partial charge in [0.25, 0.3) is 11.9 Å². The number of benzene rings is 3. The van der Waals surface area contributed by atoms with Crippen LogP contribution in [-0.2, 0) is 16.9 Å². The lowest BCUT2D eigenvalue weighted by atomic mass is 9.79. The van der Waals surface area contributed by atoms with Crippen LogP contribution in [0.2, 0.25) is 10.0 Å². The summed E-state index contributed by atoms with van der Waals surface area (Å²) in [6, 6.07) is 14.7. The SMILES string of the molecule is CCOc1cc([C@@H]2CN(C)[C@]3(C(=O)Nc4ccccc43)[C@H]2[N+](=O)[O-])cc(Br)c1OCc1ccc(Cl)c(Cl)c1. The number of halogens is 3. The van der Waals surface area contributed by atoms with E-state index in [2.05, 4.69) is 21.2 Å². The number of carbonyl (C=O) groups excluding carboxylic acids is 1. The van der Waals surface area contributed by atoms with E-state index in [1.165, 1.54) is 0 Å². The predicted octanol–water partition coefficient (Wildman–Crippen LogP) is 6.26. The maximum absolute atomic E-state index is 13.4. The van der Waals surface area contributed by atoms with Crippen LogP contribution >= 0.6 is 39.1 Å². The van der Waals surface area contributed by atoms with Gasteiger partial charge in [-0.05, 0) is 71.4 Å². The fourth-order valence-corrected chi connectivity index (χ4v) is 6.46. The molecule has 1 fully saturated rings. The van der Waals surface area contributed by atoms with E-state index >= 15 is 0 Å². The van der Waals surface area contributed by atoms with Crippen LogP contribution in [0.15, 0.2) is 59.1 Å². The fraction of sp³-hybridized carbons (Fsp3) is 0.296. The Balaban J connectivity index is 1.53. The minimum Gasteiger partial charge on any atom is -0.490 e.